The Hall–Kier alpha value is -3.69. The summed E-state index contributed by atoms with van der Waals surface area (Å²) < 4.78 is 11.2. The number of hydrogen-bond acceptors (Lipinski definition) is 6. The minimum atomic E-state index is -0.952. The molecule has 9 heteroatoms. The van der Waals surface area contributed by atoms with Gasteiger partial charge in [0.1, 0.15) is 11.8 Å². The summed E-state index contributed by atoms with van der Waals surface area (Å²) >= 11 is 1.29. The van der Waals surface area contributed by atoms with Gasteiger partial charge < -0.3 is 20.1 Å². The molecule has 0 radical (unpaired) electrons. The molecule has 2 N–H and O–H groups in total. The lowest BCUT2D eigenvalue weighted by atomic mass is 10.0. The third-order valence-corrected chi connectivity index (χ3v) is 6.86. The zero-order chi connectivity index (χ0) is 26.0. The highest BCUT2D eigenvalue weighted by molar-refractivity contribution is 7.12. The van der Waals surface area contributed by atoms with E-state index < -0.39 is 11.9 Å². The highest BCUT2D eigenvalue weighted by Gasteiger charge is 2.33. The highest BCUT2D eigenvalue weighted by Crippen LogP contribution is 2.30. The molecule has 3 amide bonds. The first-order valence-electron chi connectivity index (χ1n) is 12.4. The Morgan fingerprint density at radius 2 is 1.84 bits per heavy atom. The number of nitrogens with zero attached hydrogens (tertiary/aromatic N) is 1. The molecule has 3 aromatic rings. The van der Waals surface area contributed by atoms with Crippen LogP contribution in [0.1, 0.15) is 41.0 Å². The average Bonchev–Trinajstić information content (AvgIpc) is 3.65. The molecule has 8 nitrogen and oxygen atoms in total. The van der Waals surface area contributed by atoms with Gasteiger partial charge in [0.05, 0.1) is 24.1 Å². The quantitative estimate of drug-likeness (QED) is 0.398. The fourth-order valence-corrected chi connectivity index (χ4v) is 4.85. The van der Waals surface area contributed by atoms with Crippen molar-refractivity contribution in [3.8, 4) is 5.75 Å². The summed E-state index contributed by atoms with van der Waals surface area (Å²) in [4.78, 5) is 41.8. The Balaban J connectivity index is 1.63. The van der Waals surface area contributed by atoms with Gasteiger partial charge in [-0.15, -0.1) is 11.3 Å². The number of nitrogens with one attached hydrogen (secondary N) is 2. The normalized spacial score (nSPS) is 15.5. The van der Waals surface area contributed by atoms with Crippen molar-refractivity contribution in [3.63, 3.8) is 0 Å². The molecule has 0 bridgehead atoms. The third kappa shape index (κ3) is 6.96. The Labute approximate surface area is 220 Å². The van der Waals surface area contributed by atoms with Gasteiger partial charge >= 0.3 is 0 Å². The van der Waals surface area contributed by atoms with Crippen LogP contribution in [-0.4, -0.2) is 50.1 Å². The van der Waals surface area contributed by atoms with E-state index in [1.165, 1.54) is 16.2 Å². The first-order chi connectivity index (χ1) is 18.1. The van der Waals surface area contributed by atoms with Crippen LogP contribution in [-0.2, 0) is 14.3 Å². The number of carbonyl (C=O) groups is 3. The van der Waals surface area contributed by atoms with Crippen molar-refractivity contribution < 1.29 is 23.9 Å². The highest BCUT2D eigenvalue weighted by atomic mass is 32.1. The zero-order valence-corrected chi connectivity index (χ0v) is 21.5. The number of amides is 3. The van der Waals surface area contributed by atoms with E-state index in [-0.39, 0.29) is 24.5 Å². The van der Waals surface area contributed by atoms with E-state index in [2.05, 4.69) is 10.6 Å². The molecule has 1 aliphatic rings. The first-order valence-corrected chi connectivity index (χ1v) is 13.3. The van der Waals surface area contributed by atoms with E-state index in [0.29, 0.717) is 41.6 Å². The molecular formula is C28H31N3O5S. The van der Waals surface area contributed by atoms with Crippen molar-refractivity contribution in [3.05, 3.63) is 82.6 Å². The summed E-state index contributed by atoms with van der Waals surface area (Å²) in [6.45, 7) is 3.18. The molecule has 0 unspecified atom stereocenters. The van der Waals surface area contributed by atoms with Crippen LogP contribution in [0.15, 0.2) is 72.1 Å². The molecule has 194 valence electrons. The van der Waals surface area contributed by atoms with Gasteiger partial charge in [0.15, 0.2) is 0 Å². The molecule has 1 aliphatic heterocycles. The van der Waals surface area contributed by atoms with Crippen LogP contribution in [0, 0.1) is 0 Å². The lowest BCUT2D eigenvalue weighted by molar-refractivity contribution is -0.126. The standard InChI is InChI=1S/C28H31N3O5S/c1-2-35-22-14-12-21(13-15-22)31(25(32)19-30-27(33)24-11-7-17-37-24)26(20-8-4-3-5-9-20)28(34)29-18-23-10-6-16-36-23/h3-5,7-9,11-15,17,23,26H,2,6,10,16,18-19H2,1H3,(H,29,34)(H,30,33)/t23-,26+/m0/s1. The topological polar surface area (TPSA) is 97.0 Å². The minimum Gasteiger partial charge on any atom is -0.494 e. The number of rotatable bonds is 11. The fraction of sp³-hybridized carbons (Fsp3) is 0.321. The molecule has 1 saturated heterocycles. The number of ether oxygens (including phenoxy) is 2. The number of hydrogen-bond donors (Lipinski definition) is 2. The maximum absolute atomic E-state index is 13.7. The van der Waals surface area contributed by atoms with Gasteiger partial charge in [-0.05, 0) is 61.0 Å². The van der Waals surface area contributed by atoms with Crippen LogP contribution in [0.4, 0.5) is 5.69 Å². The summed E-state index contributed by atoms with van der Waals surface area (Å²) in [6, 6.07) is 18.7. The summed E-state index contributed by atoms with van der Waals surface area (Å²) in [5.41, 5.74) is 1.17. The Kier molecular flexibility index (Phi) is 9.29. The van der Waals surface area contributed by atoms with Crippen molar-refractivity contribution in [2.45, 2.75) is 31.9 Å². The number of carbonyl (C=O) groups excluding carboxylic acids is 3. The fourth-order valence-electron chi connectivity index (χ4n) is 4.21. The Bertz CT molecular complexity index is 1160. The molecule has 37 heavy (non-hydrogen) atoms. The van der Waals surface area contributed by atoms with Crippen molar-refractivity contribution in [2.24, 2.45) is 0 Å². The number of thiophene rings is 1. The molecule has 0 spiro atoms. The van der Waals surface area contributed by atoms with Crippen LogP contribution in [0.2, 0.25) is 0 Å². The second-order valence-corrected chi connectivity index (χ2v) is 9.49. The second-order valence-electron chi connectivity index (χ2n) is 8.54. The number of anilines is 1. The maximum Gasteiger partial charge on any atom is 0.261 e. The van der Waals surface area contributed by atoms with E-state index >= 15 is 0 Å². The molecule has 1 fully saturated rings. The Morgan fingerprint density at radius 1 is 1.05 bits per heavy atom. The lowest BCUT2D eigenvalue weighted by Crippen LogP contribution is -2.48. The molecular weight excluding hydrogens is 490 g/mol. The van der Waals surface area contributed by atoms with Crippen molar-refractivity contribution in [2.75, 3.05) is 31.2 Å². The average molecular weight is 522 g/mol. The van der Waals surface area contributed by atoms with Gasteiger partial charge in [-0.2, -0.15) is 0 Å². The van der Waals surface area contributed by atoms with Crippen LogP contribution >= 0.6 is 11.3 Å². The SMILES string of the molecule is CCOc1ccc(N(C(=O)CNC(=O)c2cccs2)[C@@H](C(=O)NC[C@@H]2CCCO2)c2ccccc2)cc1. The summed E-state index contributed by atoms with van der Waals surface area (Å²) in [5, 5.41) is 7.47. The predicted octanol–water partition coefficient (Wildman–Crippen LogP) is 3.95. The zero-order valence-electron chi connectivity index (χ0n) is 20.7. The largest absolute Gasteiger partial charge is 0.494 e. The second kappa shape index (κ2) is 13.0. The van der Waals surface area contributed by atoms with Crippen molar-refractivity contribution in [1.82, 2.24) is 10.6 Å². The van der Waals surface area contributed by atoms with E-state index in [1.807, 2.05) is 37.3 Å². The molecule has 4 rings (SSSR count). The van der Waals surface area contributed by atoms with Gasteiger partial charge in [-0.1, -0.05) is 36.4 Å². The van der Waals surface area contributed by atoms with Crippen LogP contribution in [0.25, 0.3) is 0 Å². The van der Waals surface area contributed by atoms with E-state index in [1.54, 1.807) is 41.8 Å². The summed E-state index contributed by atoms with van der Waals surface area (Å²) in [5.74, 6) is -0.429. The molecule has 1 aromatic heterocycles. The van der Waals surface area contributed by atoms with Gasteiger partial charge in [-0.25, -0.2) is 0 Å². The summed E-state index contributed by atoms with van der Waals surface area (Å²) in [6.07, 6.45) is 1.80. The molecule has 0 aliphatic carbocycles. The Morgan fingerprint density at radius 3 is 2.49 bits per heavy atom. The molecule has 2 aromatic carbocycles. The smallest absolute Gasteiger partial charge is 0.261 e. The van der Waals surface area contributed by atoms with Crippen molar-refractivity contribution in [1.29, 1.82) is 0 Å². The lowest BCUT2D eigenvalue weighted by Gasteiger charge is -2.32. The van der Waals surface area contributed by atoms with Crippen LogP contribution in [0.5, 0.6) is 5.75 Å². The van der Waals surface area contributed by atoms with Crippen molar-refractivity contribution >= 4 is 34.7 Å². The van der Waals surface area contributed by atoms with E-state index in [0.717, 1.165) is 12.8 Å². The third-order valence-electron chi connectivity index (χ3n) is 5.99. The molecule has 0 saturated carbocycles. The van der Waals surface area contributed by atoms with Gasteiger partial charge in [0.2, 0.25) is 11.8 Å². The van der Waals surface area contributed by atoms with Gasteiger partial charge in [0, 0.05) is 18.8 Å². The van der Waals surface area contributed by atoms with Gasteiger partial charge in [-0.3, -0.25) is 19.3 Å². The minimum absolute atomic E-state index is 0.0416. The van der Waals surface area contributed by atoms with E-state index in [9.17, 15) is 14.4 Å². The maximum atomic E-state index is 13.7. The van der Waals surface area contributed by atoms with Gasteiger partial charge in [0.25, 0.3) is 5.91 Å². The monoisotopic (exact) mass is 521 g/mol. The number of benzene rings is 2. The molecule has 2 heterocycles. The van der Waals surface area contributed by atoms with Crippen LogP contribution < -0.4 is 20.3 Å². The predicted molar refractivity (Wildman–Crippen MR) is 143 cm³/mol. The molecule has 2 atom stereocenters. The van der Waals surface area contributed by atoms with E-state index in [4.69, 9.17) is 9.47 Å². The summed E-state index contributed by atoms with van der Waals surface area (Å²) in [7, 11) is 0. The van der Waals surface area contributed by atoms with Crippen LogP contribution in [0.3, 0.4) is 0 Å². The first kappa shape index (κ1) is 26.4.